The smallest absolute Gasteiger partial charge is 0.345 e. The number of carbonyl (C=O) groups excluding carboxylic acids is 1. The van der Waals surface area contributed by atoms with Crippen molar-refractivity contribution in [2.24, 2.45) is 0 Å². The number of fused-ring (bicyclic) bond motifs is 1. The van der Waals surface area contributed by atoms with Crippen molar-refractivity contribution in [1.29, 1.82) is 0 Å². The lowest BCUT2D eigenvalue weighted by atomic mass is 10.1. The predicted octanol–water partition coefficient (Wildman–Crippen LogP) is 2.01. The molecule has 2 N–H and O–H groups in total. The number of rotatable bonds is 6. The van der Waals surface area contributed by atoms with E-state index in [0.717, 1.165) is 17.5 Å². The molecule has 2 aromatic heterocycles. The number of pyridine rings is 2. The van der Waals surface area contributed by atoms with E-state index in [4.69, 9.17) is 0 Å². The first-order valence-electron chi connectivity index (χ1n) is 9.75. The van der Waals surface area contributed by atoms with Crippen LogP contribution in [0.2, 0.25) is 0 Å². The normalized spacial score (nSPS) is 13.9. The standard InChI is InChI=1S/C22H21N3O5/c26-17-7-4-8-24(17)9-10-25-16-12-15(11-14-5-2-1-3-6-14)13-23-19(16)20(27)18(21(25)28)22(29)30/h1-3,5-6,12-13,27H,4,7-11H2,(H,29,30). The lowest BCUT2D eigenvalue weighted by Crippen LogP contribution is -2.34. The van der Waals surface area contributed by atoms with Crippen LogP contribution >= 0.6 is 0 Å². The molecule has 0 aliphatic carbocycles. The van der Waals surface area contributed by atoms with Crippen LogP contribution in [-0.2, 0) is 17.8 Å². The van der Waals surface area contributed by atoms with Gasteiger partial charge in [-0.2, -0.15) is 0 Å². The third-order valence-electron chi connectivity index (χ3n) is 5.36. The van der Waals surface area contributed by atoms with Crippen molar-refractivity contribution < 1.29 is 19.8 Å². The molecule has 0 atom stereocenters. The second-order valence-electron chi connectivity index (χ2n) is 7.34. The minimum Gasteiger partial charge on any atom is -0.505 e. The maximum Gasteiger partial charge on any atom is 0.345 e. The molecular weight excluding hydrogens is 386 g/mol. The number of carboxylic acids is 1. The molecule has 154 valence electrons. The third kappa shape index (κ3) is 3.63. The molecule has 1 aliphatic heterocycles. The molecule has 8 heteroatoms. The maximum absolute atomic E-state index is 12.9. The molecule has 3 heterocycles. The largest absolute Gasteiger partial charge is 0.505 e. The van der Waals surface area contributed by atoms with Gasteiger partial charge in [0.05, 0.1) is 5.52 Å². The molecule has 1 amide bonds. The van der Waals surface area contributed by atoms with Gasteiger partial charge in [0, 0.05) is 32.3 Å². The summed E-state index contributed by atoms with van der Waals surface area (Å²) in [5.74, 6) is -2.13. The Bertz CT molecular complexity index is 1190. The molecule has 0 saturated carbocycles. The number of amides is 1. The van der Waals surface area contributed by atoms with Crippen molar-refractivity contribution in [2.75, 3.05) is 13.1 Å². The van der Waals surface area contributed by atoms with E-state index in [9.17, 15) is 24.6 Å². The van der Waals surface area contributed by atoms with Gasteiger partial charge in [0.2, 0.25) is 5.91 Å². The lowest BCUT2D eigenvalue weighted by molar-refractivity contribution is -0.127. The summed E-state index contributed by atoms with van der Waals surface area (Å²) >= 11 is 0. The summed E-state index contributed by atoms with van der Waals surface area (Å²) in [6.45, 7) is 1.03. The Hall–Kier alpha value is -3.68. The van der Waals surface area contributed by atoms with Crippen molar-refractivity contribution in [3.8, 4) is 5.75 Å². The van der Waals surface area contributed by atoms with Gasteiger partial charge in [-0.15, -0.1) is 0 Å². The number of carbonyl (C=O) groups is 2. The quantitative estimate of drug-likeness (QED) is 0.646. The summed E-state index contributed by atoms with van der Waals surface area (Å²) in [5.41, 5.74) is 0.763. The fourth-order valence-electron chi connectivity index (χ4n) is 3.85. The van der Waals surface area contributed by atoms with Crippen molar-refractivity contribution in [3.05, 3.63) is 69.6 Å². The Morgan fingerprint density at radius 2 is 1.87 bits per heavy atom. The van der Waals surface area contributed by atoms with E-state index in [0.29, 0.717) is 31.4 Å². The van der Waals surface area contributed by atoms with Crippen molar-refractivity contribution in [3.63, 3.8) is 0 Å². The zero-order valence-corrected chi connectivity index (χ0v) is 16.2. The number of likely N-dealkylation sites (tertiary alicyclic amines) is 1. The molecule has 3 aromatic rings. The van der Waals surface area contributed by atoms with Gasteiger partial charge >= 0.3 is 5.97 Å². The lowest BCUT2D eigenvalue weighted by Gasteiger charge is -2.18. The van der Waals surface area contributed by atoms with Crippen LogP contribution in [0.15, 0.2) is 47.4 Å². The third-order valence-corrected chi connectivity index (χ3v) is 5.36. The number of aromatic nitrogens is 2. The Kier molecular flexibility index (Phi) is 5.22. The maximum atomic E-state index is 12.9. The van der Waals surface area contributed by atoms with Crippen LogP contribution in [0.25, 0.3) is 11.0 Å². The minimum atomic E-state index is -1.51. The summed E-state index contributed by atoms with van der Waals surface area (Å²) in [6, 6.07) is 11.5. The first kappa shape index (κ1) is 19.6. The second-order valence-corrected chi connectivity index (χ2v) is 7.34. The molecule has 30 heavy (non-hydrogen) atoms. The van der Waals surface area contributed by atoms with Gasteiger partial charge in [-0.25, -0.2) is 4.79 Å². The zero-order valence-electron chi connectivity index (χ0n) is 16.2. The molecule has 8 nitrogen and oxygen atoms in total. The van der Waals surface area contributed by atoms with Gasteiger partial charge in [-0.1, -0.05) is 30.3 Å². The monoisotopic (exact) mass is 407 g/mol. The summed E-state index contributed by atoms with van der Waals surface area (Å²) < 4.78 is 1.30. The van der Waals surface area contributed by atoms with Crippen LogP contribution in [0.4, 0.5) is 0 Å². The summed E-state index contributed by atoms with van der Waals surface area (Å²) in [5, 5.41) is 19.8. The minimum absolute atomic E-state index is 0.0208. The van der Waals surface area contributed by atoms with Gasteiger partial charge < -0.3 is 19.7 Å². The van der Waals surface area contributed by atoms with E-state index >= 15 is 0 Å². The van der Waals surface area contributed by atoms with E-state index in [1.807, 2.05) is 30.3 Å². The number of hydrogen-bond donors (Lipinski definition) is 2. The number of aromatic hydroxyl groups is 1. The molecular formula is C22H21N3O5. The molecule has 1 saturated heterocycles. The highest BCUT2D eigenvalue weighted by Gasteiger charge is 2.25. The number of hydrogen-bond acceptors (Lipinski definition) is 5. The molecule has 0 spiro atoms. The van der Waals surface area contributed by atoms with E-state index in [1.54, 1.807) is 17.2 Å². The van der Waals surface area contributed by atoms with Crippen LogP contribution < -0.4 is 5.56 Å². The van der Waals surface area contributed by atoms with Crippen molar-refractivity contribution in [2.45, 2.75) is 25.8 Å². The molecule has 1 aromatic carbocycles. The Labute approximate surface area is 172 Å². The summed E-state index contributed by atoms with van der Waals surface area (Å²) in [6.07, 6.45) is 3.39. The second kappa shape index (κ2) is 7.98. The molecule has 1 aliphatic rings. The number of nitrogens with zero attached hydrogens (tertiary/aromatic N) is 3. The highest BCUT2D eigenvalue weighted by molar-refractivity contribution is 5.97. The van der Waals surface area contributed by atoms with Crippen LogP contribution in [0.5, 0.6) is 5.75 Å². The number of aromatic carboxylic acids is 1. The van der Waals surface area contributed by atoms with E-state index in [1.165, 1.54) is 4.57 Å². The summed E-state index contributed by atoms with van der Waals surface area (Å²) in [4.78, 5) is 42.3. The first-order chi connectivity index (χ1) is 14.5. The zero-order chi connectivity index (χ0) is 21.3. The molecule has 0 bridgehead atoms. The van der Waals surface area contributed by atoms with E-state index in [2.05, 4.69) is 4.98 Å². The fraction of sp³-hybridized carbons (Fsp3) is 0.273. The van der Waals surface area contributed by atoms with Gasteiger partial charge in [-0.05, 0) is 30.0 Å². The Morgan fingerprint density at radius 3 is 2.53 bits per heavy atom. The molecule has 4 rings (SSSR count). The van der Waals surface area contributed by atoms with Crippen LogP contribution in [-0.4, -0.2) is 49.6 Å². The highest BCUT2D eigenvalue weighted by Crippen LogP contribution is 2.26. The van der Waals surface area contributed by atoms with Gasteiger partial charge in [0.25, 0.3) is 5.56 Å². The summed E-state index contributed by atoms with van der Waals surface area (Å²) in [7, 11) is 0. The SMILES string of the molecule is O=C(O)c1c(O)c2ncc(Cc3ccccc3)cc2n(CCN2CCCC2=O)c1=O. The Balaban J connectivity index is 1.80. The van der Waals surface area contributed by atoms with Gasteiger partial charge in [0.15, 0.2) is 11.3 Å². The van der Waals surface area contributed by atoms with Crippen molar-refractivity contribution in [1.82, 2.24) is 14.5 Å². The fourth-order valence-corrected chi connectivity index (χ4v) is 3.85. The van der Waals surface area contributed by atoms with E-state index in [-0.39, 0.29) is 18.0 Å². The van der Waals surface area contributed by atoms with Gasteiger partial charge in [-0.3, -0.25) is 14.6 Å². The first-order valence-corrected chi connectivity index (χ1v) is 9.75. The Morgan fingerprint density at radius 1 is 1.10 bits per heavy atom. The molecule has 0 unspecified atom stereocenters. The van der Waals surface area contributed by atoms with Crippen LogP contribution in [0.3, 0.4) is 0 Å². The number of carboxylic acid groups (broad SMARTS) is 1. The highest BCUT2D eigenvalue weighted by atomic mass is 16.4. The number of benzene rings is 1. The molecule has 0 radical (unpaired) electrons. The van der Waals surface area contributed by atoms with Crippen LogP contribution in [0, 0.1) is 0 Å². The van der Waals surface area contributed by atoms with Gasteiger partial charge in [0.1, 0.15) is 5.52 Å². The average molecular weight is 407 g/mol. The van der Waals surface area contributed by atoms with Crippen molar-refractivity contribution >= 4 is 22.9 Å². The average Bonchev–Trinajstić information content (AvgIpc) is 3.13. The van der Waals surface area contributed by atoms with E-state index < -0.39 is 22.8 Å². The predicted molar refractivity (Wildman–Crippen MR) is 110 cm³/mol. The topological polar surface area (TPSA) is 113 Å². The molecule has 1 fully saturated rings. The van der Waals surface area contributed by atoms with Crippen LogP contribution in [0.1, 0.15) is 34.3 Å².